The van der Waals surface area contributed by atoms with E-state index in [1.807, 2.05) is 25.1 Å². The zero-order valence-corrected chi connectivity index (χ0v) is 11.7. The Kier molecular flexibility index (Phi) is 4.65. The van der Waals surface area contributed by atoms with Gasteiger partial charge >= 0.3 is 0 Å². The van der Waals surface area contributed by atoms with Gasteiger partial charge in [-0.2, -0.15) is 0 Å². The van der Waals surface area contributed by atoms with Gasteiger partial charge in [-0.1, -0.05) is 30.6 Å². The molecule has 0 saturated carbocycles. The number of para-hydroxylation sites is 2. The topological polar surface area (TPSA) is 113 Å². The number of nitrogens with one attached hydrogen (secondary N) is 1. The first-order chi connectivity index (χ1) is 10.2. The molecule has 0 spiro atoms. The van der Waals surface area contributed by atoms with Crippen molar-refractivity contribution in [1.29, 1.82) is 0 Å². The van der Waals surface area contributed by atoms with Crippen LogP contribution in [-0.4, -0.2) is 33.0 Å². The smallest absolute Gasteiger partial charge is 0.272 e. The van der Waals surface area contributed by atoms with Gasteiger partial charge in [-0.15, -0.1) is 0 Å². The van der Waals surface area contributed by atoms with E-state index in [0.717, 1.165) is 11.9 Å². The van der Waals surface area contributed by atoms with Gasteiger partial charge in [0.25, 0.3) is 5.91 Å². The molecule has 1 aromatic carbocycles. The zero-order chi connectivity index (χ0) is 15.2. The van der Waals surface area contributed by atoms with Gasteiger partial charge in [0, 0.05) is 0 Å². The molecule has 0 radical (unpaired) electrons. The number of nitrogens with two attached hydrogens (primary N) is 1. The van der Waals surface area contributed by atoms with Gasteiger partial charge in [0.05, 0.1) is 23.3 Å². The molecule has 0 saturated heterocycles. The number of nitrogens with zero attached hydrogens (tertiary/aromatic N) is 3. The molecule has 0 aliphatic heterocycles. The van der Waals surface area contributed by atoms with E-state index in [1.54, 1.807) is 6.07 Å². The van der Waals surface area contributed by atoms with Crippen LogP contribution in [0.4, 0.5) is 0 Å². The standard InChI is InChI=1S/C14H17N5O2/c1-2-5-11(13(15)19-21)18-14(20)12-8-16-9-6-3-4-7-10(9)17-12/h3-4,6-8,11,21H,2,5H2,1H3,(H2,15,19)(H,18,20). The lowest BCUT2D eigenvalue weighted by atomic mass is 10.1. The maximum atomic E-state index is 12.2. The summed E-state index contributed by atoms with van der Waals surface area (Å²) in [6.45, 7) is 1.94. The minimum absolute atomic E-state index is 0.0288. The molecule has 1 heterocycles. The van der Waals surface area contributed by atoms with Crippen LogP contribution in [0.1, 0.15) is 30.3 Å². The third-order valence-electron chi connectivity index (χ3n) is 3.04. The highest BCUT2D eigenvalue weighted by atomic mass is 16.4. The molecule has 21 heavy (non-hydrogen) atoms. The number of rotatable bonds is 5. The normalized spacial score (nSPS) is 13.1. The summed E-state index contributed by atoms with van der Waals surface area (Å²) in [6, 6.07) is 6.76. The van der Waals surface area contributed by atoms with Crippen LogP contribution in [0.15, 0.2) is 35.6 Å². The van der Waals surface area contributed by atoms with Crippen molar-refractivity contribution in [3.05, 3.63) is 36.2 Å². The quantitative estimate of drug-likeness (QED) is 0.332. The maximum Gasteiger partial charge on any atom is 0.272 e. The summed E-state index contributed by atoms with van der Waals surface area (Å²) in [4.78, 5) is 20.6. The first kappa shape index (κ1) is 14.7. The Morgan fingerprint density at radius 1 is 1.43 bits per heavy atom. The van der Waals surface area contributed by atoms with Crippen LogP contribution >= 0.6 is 0 Å². The second-order valence-corrected chi connectivity index (χ2v) is 4.58. The Balaban J connectivity index is 2.20. The molecular formula is C14H17N5O2. The minimum atomic E-state index is -0.527. The van der Waals surface area contributed by atoms with Crippen LogP contribution in [0.25, 0.3) is 11.0 Å². The van der Waals surface area contributed by atoms with Crippen molar-refractivity contribution < 1.29 is 10.0 Å². The third-order valence-corrected chi connectivity index (χ3v) is 3.04. The van der Waals surface area contributed by atoms with Crippen molar-refractivity contribution in [2.75, 3.05) is 0 Å². The van der Waals surface area contributed by atoms with Crippen molar-refractivity contribution in [2.45, 2.75) is 25.8 Å². The van der Waals surface area contributed by atoms with E-state index in [4.69, 9.17) is 10.9 Å². The van der Waals surface area contributed by atoms with Crippen LogP contribution in [0, 0.1) is 0 Å². The number of carbonyl (C=O) groups is 1. The number of fused-ring (bicyclic) bond motifs is 1. The van der Waals surface area contributed by atoms with Gasteiger partial charge in [0.1, 0.15) is 5.69 Å². The Morgan fingerprint density at radius 2 is 2.14 bits per heavy atom. The SMILES string of the molecule is CCCC(NC(=O)c1cnc2ccccc2n1)/C(N)=N/O. The maximum absolute atomic E-state index is 12.2. The average Bonchev–Trinajstić information content (AvgIpc) is 2.53. The van der Waals surface area contributed by atoms with Crippen LogP contribution in [0.2, 0.25) is 0 Å². The molecule has 1 unspecified atom stereocenters. The van der Waals surface area contributed by atoms with Crippen LogP contribution in [-0.2, 0) is 0 Å². The molecule has 1 amide bonds. The lowest BCUT2D eigenvalue weighted by Gasteiger charge is -2.16. The summed E-state index contributed by atoms with van der Waals surface area (Å²) in [5.41, 5.74) is 7.12. The van der Waals surface area contributed by atoms with Crippen molar-refractivity contribution >= 4 is 22.8 Å². The molecule has 0 aliphatic carbocycles. The van der Waals surface area contributed by atoms with Crippen molar-refractivity contribution in [2.24, 2.45) is 10.9 Å². The van der Waals surface area contributed by atoms with Gasteiger partial charge in [-0.05, 0) is 18.6 Å². The molecule has 4 N–H and O–H groups in total. The number of aromatic nitrogens is 2. The summed E-state index contributed by atoms with van der Waals surface area (Å²) in [5, 5.41) is 14.4. The molecular weight excluding hydrogens is 270 g/mol. The van der Waals surface area contributed by atoms with E-state index >= 15 is 0 Å². The Labute approximate surface area is 121 Å². The number of oxime groups is 1. The zero-order valence-electron chi connectivity index (χ0n) is 11.7. The van der Waals surface area contributed by atoms with Gasteiger partial charge in [-0.3, -0.25) is 9.78 Å². The summed E-state index contributed by atoms with van der Waals surface area (Å²) >= 11 is 0. The van der Waals surface area contributed by atoms with Crippen molar-refractivity contribution in [3.63, 3.8) is 0 Å². The van der Waals surface area contributed by atoms with E-state index in [1.165, 1.54) is 6.20 Å². The highest BCUT2D eigenvalue weighted by Gasteiger charge is 2.18. The number of amides is 1. The molecule has 2 aromatic rings. The highest BCUT2D eigenvalue weighted by Crippen LogP contribution is 2.09. The molecule has 110 valence electrons. The Hall–Kier alpha value is -2.70. The molecule has 7 nitrogen and oxygen atoms in total. The molecule has 0 bridgehead atoms. The van der Waals surface area contributed by atoms with Gasteiger partial charge in [-0.25, -0.2) is 4.98 Å². The van der Waals surface area contributed by atoms with E-state index in [0.29, 0.717) is 11.9 Å². The fraction of sp³-hybridized carbons (Fsp3) is 0.286. The molecule has 2 rings (SSSR count). The van der Waals surface area contributed by atoms with E-state index in [-0.39, 0.29) is 11.5 Å². The van der Waals surface area contributed by atoms with E-state index in [2.05, 4.69) is 20.4 Å². The summed E-state index contributed by atoms with van der Waals surface area (Å²) in [7, 11) is 0. The average molecular weight is 287 g/mol. The Morgan fingerprint density at radius 3 is 2.81 bits per heavy atom. The predicted octanol–water partition coefficient (Wildman–Crippen LogP) is 1.27. The fourth-order valence-corrected chi connectivity index (χ4v) is 1.95. The fourth-order valence-electron chi connectivity index (χ4n) is 1.95. The lowest BCUT2D eigenvalue weighted by molar-refractivity contribution is 0.0940. The molecule has 0 fully saturated rings. The van der Waals surface area contributed by atoms with Gasteiger partial charge < -0.3 is 16.3 Å². The summed E-state index contributed by atoms with van der Waals surface area (Å²) < 4.78 is 0. The number of hydrogen-bond acceptors (Lipinski definition) is 5. The summed E-state index contributed by atoms with van der Waals surface area (Å²) in [5.74, 6) is -0.433. The second-order valence-electron chi connectivity index (χ2n) is 4.58. The third kappa shape index (κ3) is 3.44. The van der Waals surface area contributed by atoms with Crippen LogP contribution in [0.3, 0.4) is 0 Å². The van der Waals surface area contributed by atoms with Crippen molar-refractivity contribution in [3.8, 4) is 0 Å². The molecule has 1 aromatic heterocycles. The first-order valence-electron chi connectivity index (χ1n) is 6.65. The molecule has 1 atom stereocenters. The number of carbonyl (C=O) groups excluding carboxylic acids is 1. The first-order valence-corrected chi connectivity index (χ1v) is 6.65. The molecule has 0 aliphatic rings. The second kappa shape index (κ2) is 6.65. The number of benzene rings is 1. The van der Waals surface area contributed by atoms with Gasteiger partial charge in [0.2, 0.25) is 0 Å². The van der Waals surface area contributed by atoms with Gasteiger partial charge in [0.15, 0.2) is 5.84 Å². The number of hydrogen-bond donors (Lipinski definition) is 3. The highest BCUT2D eigenvalue weighted by molar-refractivity contribution is 5.97. The van der Waals surface area contributed by atoms with Crippen molar-refractivity contribution in [1.82, 2.24) is 15.3 Å². The number of amidine groups is 1. The minimum Gasteiger partial charge on any atom is -0.409 e. The Bertz CT molecular complexity index is 671. The van der Waals surface area contributed by atoms with Crippen LogP contribution < -0.4 is 11.1 Å². The largest absolute Gasteiger partial charge is 0.409 e. The monoisotopic (exact) mass is 287 g/mol. The molecule has 7 heteroatoms. The predicted molar refractivity (Wildman–Crippen MR) is 79.1 cm³/mol. The summed E-state index contributed by atoms with van der Waals surface area (Å²) in [6.07, 6.45) is 2.76. The lowest BCUT2D eigenvalue weighted by Crippen LogP contribution is -2.44. The van der Waals surface area contributed by atoms with E-state index in [9.17, 15) is 4.79 Å². The van der Waals surface area contributed by atoms with Crippen LogP contribution in [0.5, 0.6) is 0 Å². The van der Waals surface area contributed by atoms with E-state index < -0.39 is 11.9 Å².